The number of hydrogen-bond acceptors (Lipinski definition) is 4. The molecule has 0 unspecified atom stereocenters. The lowest BCUT2D eigenvalue weighted by atomic mass is 10.2. The van der Waals surface area contributed by atoms with Gasteiger partial charge in [-0.05, 0) is 19.3 Å². The second-order valence-corrected chi connectivity index (χ2v) is 4.22. The molecule has 0 radical (unpaired) electrons. The smallest absolute Gasteiger partial charge is 0.264 e. The Hall–Kier alpha value is -0.130. The molecule has 0 aromatic carbocycles. The maximum absolute atomic E-state index is 10.5. The fourth-order valence-corrected chi connectivity index (χ4v) is 1.16. The van der Waals surface area contributed by atoms with Crippen molar-refractivity contribution >= 4 is 10.1 Å². The lowest BCUT2D eigenvalue weighted by Gasteiger charge is -2.00. The first-order valence-corrected chi connectivity index (χ1v) is 5.71. The number of rotatable bonds is 7. The zero-order valence-corrected chi connectivity index (χ0v) is 8.39. The van der Waals surface area contributed by atoms with E-state index in [1.54, 1.807) is 7.11 Å². The standard InChI is InChI=1S/C7H16O4S/c1-10-6-4-3-5-7-11-12(2,8)9/h3-7H2,1-2H3. The molecule has 4 nitrogen and oxygen atoms in total. The van der Waals surface area contributed by atoms with Gasteiger partial charge in [-0.3, -0.25) is 4.18 Å². The zero-order valence-electron chi connectivity index (χ0n) is 7.58. The number of methoxy groups -OCH3 is 1. The highest BCUT2D eigenvalue weighted by atomic mass is 32.2. The van der Waals surface area contributed by atoms with Crippen molar-refractivity contribution in [2.45, 2.75) is 19.3 Å². The van der Waals surface area contributed by atoms with Gasteiger partial charge < -0.3 is 4.74 Å². The third kappa shape index (κ3) is 9.87. The molecule has 0 aromatic rings. The molecular weight excluding hydrogens is 180 g/mol. The molecule has 0 amide bonds. The van der Waals surface area contributed by atoms with Crippen LogP contribution >= 0.6 is 0 Å². The second kappa shape index (κ2) is 6.39. The summed E-state index contributed by atoms with van der Waals surface area (Å²) in [7, 11) is -1.60. The quantitative estimate of drug-likeness (QED) is 0.446. The van der Waals surface area contributed by atoms with Gasteiger partial charge in [-0.2, -0.15) is 8.42 Å². The maximum Gasteiger partial charge on any atom is 0.264 e. The van der Waals surface area contributed by atoms with E-state index in [2.05, 4.69) is 4.18 Å². The lowest BCUT2D eigenvalue weighted by Crippen LogP contribution is -2.04. The normalized spacial score (nSPS) is 11.8. The van der Waals surface area contributed by atoms with Crippen molar-refractivity contribution in [3.05, 3.63) is 0 Å². The van der Waals surface area contributed by atoms with Gasteiger partial charge in [-0.1, -0.05) is 0 Å². The van der Waals surface area contributed by atoms with Gasteiger partial charge in [0, 0.05) is 13.7 Å². The lowest BCUT2D eigenvalue weighted by molar-refractivity contribution is 0.189. The fourth-order valence-electron chi connectivity index (χ4n) is 0.736. The highest BCUT2D eigenvalue weighted by Crippen LogP contribution is 1.97. The van der Waals surface area contributed by atoms with Crippen LogP contribution in [0.3, 0.4) is 0 Å². The SMILES string of the molecule is COCCCCCOS(C)(=O)=O. The van der Waals surface area contributed by atoms with E-state index in [0.29, 0.717) is 0 Å². The number of unbranched alkanes of at least 4 members (excludes halogenated alkanes) is 2. The third-order valence-electron chi connectivity index (χ3n) is 1.29. The van der Waals surface area contributed by atoms with Crippen LogP contribution in [-0.2, 0) is 19.0 Å². The first-order valence-electron chi connectivity index (χ1n) is 3.89. The molecule has 0 aliphatic rings. The predicted molar refractivity (Wildman–Crippen MR) is 46.5 cm³/mol. The molecule has 0 aromatic heterocycles. The van der Waals surface area contributed by atoms with E-state index in [4.69, 9.17) is 4.74 Å². The van der Waals surface area contributed by atoms with E-state index in [9.17, 15) is 8.42 Å². The predicted octanol–water partition coefficient (Wildman–Crippen LogP) is 0.779. The van der Waals surface area contributed by atoms with E-state index >= 15 is 0 Å². The minimum Gasteiger partial charge on any atom is -0.385 e. The van der Waals surface area contributed by atoms with Crippen LogP contribution in [0.15, 0.2) is 0 Å². The van der Waals surface area contributed by atoms with Gasteiger partial charge in [-0.15, -0.1) is 0 Å². The first-order chi connectivity index (χ1) is 5.56. The summed E-state index contributed by atoms with van der Waals surface area (Å²) in [5.74, 6) is 0. The van der Waals surface area contributed by atoms with Gasteiger partial charge in [0.05, 0.1) is 12.9 Å². The van der Waals surface area contributed by atoms with Crippen molar-refractivity contribution in [3.63, 3.8) is 0 Å². The largest absolute Gasteiger partial charge is 0.385 e. The molecule has 0 saturated heterocycles. The molecular formula is C7H16O4S. The molecule has 0 aliphatic heterocycles. The van der Waals surface area contributed by atoms with E-state index < -0.39 is 10.1 Å². The summed E-state index contributed by atoms with van der Waals surface area (Å²) < 4.78 is 30.3. The summed E-state index contributed by atoms with van der Waals surface area (Å²) in [5.41, 5.74) is 0. The molecule has 0 saturated carbocycles. The highest BCUT2D eigenvalue weighted by Gasteiger charge is 1.99. The van der Waals surface area contributed by atoms with Crippen LogP contribution in [0, 0.1) is 0 Å². The molecule has 0 heterocycles. The Morgan fingerprint density at radius 1 is 1.08 bits per heavy atom. The van der Waals surface area contributed by atoms with Crippen LogP contribution in [0.2, 0.25) is 0 Å². The van der Waals surface area contributed by atoms with Crippen molar-refractivity contribution in [2.75, 3.05) is 26.6 Å². The van der Waals surface area contributed by atoms with Crippen molar-refractivity contribution in [1.82, 2.24) is 0 Å². The summed E-state index contributed by atoms with van der Waals surface area (Å²) in [6.45, 7) is 1.00. The maximum atomic E-state index is 10.5. The highest BCUT2D eigenvalue weighted by molar-refractivity contribution is 7.85. The third-order valence-corrected chi connectivity index (χ3v) is 1.89. The molecule has 0 atom stereocenters. The molecule has 12 heavy (non-hydrogen) atoms. The number of ether oxygens (including phenoxy) is 1. The summed E-state index contributed by atoms with van der Waals surface area (Å²) >= 11 is 0. The van der Waals surface area contributed by atoms with Crippen molar-refractivity contribution in [3.8, 4) is 0 Å². The Bertz CT molecular complexity index is 186. The monoisotopic (exact) mass is 196 g/mol. The Morgan fingerprint density at radius 2 is 1.67 bits per heavy atom. The summed E-state index contributed by atoms with van der Waals surface area (Å²) in [5, 5.41) is 0. The van der Waals surface area contributed by atoms with E-state index in [1.165, 1.54) is 0 Å². The molecule has 0 rings (SSSR count). The summed E-state index contributed by atoms with van der Waals surface area (Å²) in [4.78, 5) is 0. The van der Waals surface area contributed by atoms with Gasteiger partial charge in [0.15, 0.2) is 0 Å². The summed E-state index contributed by atoms with van der Waals surface area (Å²) in [6.07, 6.45) is 3.70. The van der Waals surface area contributed by atoms with Crippen LogP contribution in [-0.4, -0.2) is 35.0 Å². The van der Waals surface area contributed by atoms with Crippen LogP contribution in [0.5, 0.6) is 0 Å². The molecule has 0 fully saturated rings. The Labute approximate surface area is 74.0 Å². The molecule has 74 valence electrons. The first kappa shape index (κ1) is 11.9. The fraction of sp³-hybridized carbons (Fsp3) is 1.00. The molecule has 5 heteroatoms. The van der Waals surface area contributed by atoms with Crippen LogP contribution in [0.1, 0.15) is 19.3 Å². The van der Waals surface area contributed by atoms with Crippen LogP contribution in [0.25, 0.3) is 0 Å². The van der Waals surface area contributed by atoms with Gasteiger partial charge in [0.2, 0.25) is 0 Å². The van der Waals surface area contributed by atoms with Crippen LogP contribution < -0.4 is 0 Å². The molecule has 0 N–H and O–H groups in total. The van der Waals surface area contributed by atoms with Crippen molar-refractivity contribution in [1.29, 1.82) is 0 Å². The van der Waals surface area contributed by atoms with Crippen molar-refractivity contribution < 1.29 is 17.3 Å². The van der Waals surface area contributed by atoms with Crippen molar-refractivity contribution in [2.24, 2.45) is 0 Å². The van der Waals surface area contributed by atoms with Gasteiger partial charge in [-0.25, -0.2) is 0 Å². The number of hydrogen-bond donors (Lipinski definition) is 0. The van der Waals surface area contributed by atoms with Crippen LogP contribution in [0.4, 0.5) is 0 Å². The van der Waals surface area contributed by atoms with Gasteiger partial charge in [0.1, 0.15) is 0 Å². The minimum absolute atomic E-state index is 0.280. The van der Waals surface area contributed by atoms with E-state index in [1.807, 2.05) is 0 Å². The Morgan fingerprint density at radius 3 is 2.17 bits per heavy atom. The molecule has 0 aliphatic carbocycles. The Balaban J connectivity index is 3.12. The van der Waals surface area contributed by atoms with E-state index in [0.717, 1.165) is 32.1 Å². The zero-order chi connectivity index (χ0) is 9.45. The second-order valence-electron chi connectivity index (χ2n) is 2.58. The molecule has 0 spiro atoms. The molecule has 0 bridgehead atoms. The average molecular weight is 196 g/mol. The Kier molecular flexibility index (Phi) is 6.32. The van der Waals surface area contributed by atoms with Gasteiger partial charge in [0.25, 0.3) is 10.1 Å². The summed E-state index contributed by atoms with van der Waals surface area (Å²) in [6, 6.07) is 0. The van der Waals surface area contributed by atoms with E-state index in [-0.39, 0.29) is 6.61 Å². The minimum atomic E-state index is -3.25. The average Bonchev–Trinajstić information content (AvgIpc) is 1.94. The topological polar surface area (TPSA) is 52.6 Å². The van der Waals surface area contributed by atoms with Gasteiger partial charge >= 0.3 is 0 Å².